The van der Waals surface area contributed by atoms with Crippen molar-refractivity contribution in [2.24, 2.45) is 0 Å². The van der Waals surface area contributed by atoms with Gasteiger partial charge in [-0.2, -0.15) is 0 Å². The van der Waals surface area contributed by atoms with E-state index in [1.165, 1.54) is 16.9 Å². The van der Waals surface area contributed by atoms with Gasteiger partial charge >= 0.3 is 6.03 Å². The molecule has 2 amide bonds. The Morgan fingerprint density at radius 3 is 2.12 bits per heavy atom. The number of rotatable bonds is 4. The molecule has 1 fully saturated rings. The van der Waals surface area contributed by atoms with Gasteiger partial charge in [-0.1, -0.05) is 12.1 Å². The van der Waals surface area contributed by atoms with Crippen LogP contribution >= 0.6 is 0 Å². The number of aryl methyl sites for hydroxylation is 1. The van der Waals surface area contributed by atoms with Crippen molar-refractivity contribution in [3.63, 3.8) is 0 Å². The molecule has 3 rings (SSSR count). The van der Waals surface area contributed by atoms with Crippen molar-refractivity contribution in [1.82, 2.24) is 5.32 Å². The van der Waals surface area contributed by atoms with Gasteiger partial charge < -0.3 is 20.4 Å². The monoisotopic (exact) mass is 352 g/mol. The lowest BCUT2D eigenvalue weighted by atomic mass is 10.2. The lowest BCUT2D eigenvalue weighted by Crippen LogP contribution is -2.46. The van der Waals surface area contributed by atoms with Crippen LogP contribution in [0.5, 0.6) is 0 Å². The first kappa shape index (κ1) is 18.1. The lowest BCUT2D eigenvalue weighted by Gasteiger charge is -2.37. The molecule has 1 heterocycles. The van der Waals surface area contributed by atoms with E-state index in [4.69, 9.17) is 0 Å². The van der Waals surface area contributed by atoms with Crippen LogP contribution in [-0.2, 0) is 0 Å². The average Bonchev–Trinajstić information content (AvgIpc) is 2.62. The minimum absolute atomic E-state index is 0.124. The van der Waals surface area contributed by atoms with E-state index >= 15 is 0 Å². The fourth-order valence-corrected chi connectivity index (χ4v) is 3.23. The number of carbonyl (C=O) groups is 1. The van der Waals surface area contributed by atoms with Gasteiger partial charge in [0.15, 0.2) is 0 Å². The van der Waals surface area contributed by atoms with Gasteiger partial charge in [-0.05, 0) is 62.7 Å². The summed E-state index contributed by atoms with van der Waals surface area (Å²) >= 11 is 0. The van der Waals surface area contributed by atoms with Crippen LogP contribution in [-0.4, -0.2) is 38.3 Å². The molecule has 0 spiro atoms. The Balaban J connectivity index is 1.55. The summed E-state index contributed by atoms with van der Waals surface area (Å²) in [5.74, 6) is 0. The molecule has 0 unspecified atom stereocenters. The summed E-state index contributed by atoms with van der Waals surface area (Å²) in [7, 11) is 0. The molecule has 1 aliphatic rings. The summed E-state index contributed by atoms with van der Waals surface area (Å²) in [4.78, 5) is 16.6. The van der Waals surface area contributed by atoms with Gasteiger partial charge in [0.2, 0.25) is 0 Å². The topological polar surface area (TPSA) is 47.6 Å². The van der Waals surface area contributed by atoms with E-state index < -0.39 is 0 Å². The first-order chi connectivity index (χ1) is 12.5. The van der Waals surface area contributed by atoms with Gasteiger partial charge in [-0.15, -0.1) is 0 Å². The predicted molar refractivity (Wildman–Crippen MR) is 109 cm³/mol. The number of anilines is 3. The zero-order valence-electron chi connectivity index (χ0n) is 15.8. The van der Waals surface area contributed by atoms with Crippen molar-refractivity contribution < 1.29 is 4.79 Å². The molecule has 26 heavy (non-hydrogen) atoms. The molecule has 2 N–H and O–H groups in total. The molecule has 0 radical (unpaired) electrons. The van der Waals surface area contributed by atoms with Gasteiger partial charge in [0.1, 0.15) is 0 Å². The van der Waals surface area contributed by atoms with Gasteiger partial charge in [-0.25, -0.2) is 4.79 Å². The number of hydrogen-bond donors (Lipinski definition) is 2. The molecule has 0 atom stereocenters. The predicted octanol–water partition coefficient (Wildman–Crippen LogP) is 3.85. The molecular formula is C21H28N4O. The summed E-state index contributed by atoms with van der Waals surface area (Å²) in [5.41, 5.74) is 4.61. The van der Waals surface area contributed by atoms with Crippen molar-refractivity contribution in [3.8, 4) is 0 Å². The number of piperazine rings is 1. The summed E-state index contributed by atoms with van der Waals surface area (Å²) < 4.78 is 0. The highest BCUT2D eigenvalue weighted by Crippen LogP contribution is 2.22. The maximum absolute atomic E-state index is 11.8. The van der Waals surface area contributed by atoms with Crippen LogP contribution in [0.3, 0.4) is 0 Å². The largest absolute Gasteiger partial charge is 0.368 e. The Kier molecular flexibility index (Phi) is 5.66. The summed E-state index contributed by atoms with van der Waals surface area (Å²) in [6, 6.07) is 16.7. The van der Waals surface area contributed by atoms with Gasteiger partial charge in [0.25, 0.3) is 0 Å². The van der Waals surface area contributed by atoms with Crippen LogP contribution in [0.25, 0.3) is 0 Å². The van der Waals surface area contributed by atoms with Crippen LogP contribution in [0, 0.1) is 6.92 Å². The van der Waals surface area contributed by atoms with E-state index in [9.17, 15) is 4.79 Å². The van der Waals surface area contributed by atoms with E-state index in [1.807, 2.05) is 26.0 Å². The molecule has 0 saturated carbocycles. The second-order valence-electron chi connectivity index (χ2n) is 7.11. The van der Waals surface area contributed by atoms with Crippen molar-refractivity contribution in [2.75, 3.05) is 41.3 Å². The summed E-state index contributed by atoms with van der Waals surface area (Å²) in [5, 5.41) is 5.69. The van der Waals surface area contributed by atoms with Crippen LogP contribution in [0.2, 0.25) is 0 Å². The highest BCUT2D eigenvalue weighted by molar-refractivity contribution is 5.89. The fourth-order valence-electron chi connectivity index (χ4n) is 3.23. The maximum Gasteiger partial charge on any atom is 0.319 e. The first-order valence-corrected chi connectivity index (χ1v) is 9.25. The summed E-state index contributed by atoms with van der Waals surface area (Å²) in [6.07, 6.45) is 0. The van der Waals surface area contributed by atoms with Gasteiger partial charge in [0, 0.05) is 49.3 Å². The quantitative estimate of drug-likeness (QED) is 0.879. The van der Waals surface area contributed by atoms with E-state index in [1.54, 1.807) is 0 Å². The molecule has 5 heteroatoms. The third-order valence-corrected chi connectivity index (χ3v) is 4.56. The third kappa shape index (κ3) is 4.69. The molecule has 2 aromatic rings. The Hall–Kier alpha value is -2.69. The van der Waals surface area contributed by atoms with Crippen molar-refractivity contribution in [1.29, 1.82) is 0 Å². The molecule has 5 nitrogen and oxygen atoms in total. The minimum Gasteiger partial charge on any atom is -0.368 e. The zero-order valence-corrected chi connectivity index (χ0v) is 15.8. The van der Waals surface area contributed by atoms with Crippen molar-refractivity contribution in [2.45, 2.75) is 26.8 Å². The Bertz CT molecular complexity index is 734. The van der Waals surface area contributed by atoms with Crippen LogP contribution in [0.1, 0.15) is 19.4 Å². The molecule has 0 bridgehead atoms. The van der Waals surface area contributed by atoms with E-state index in [2.05, 4.69) is 63.8 Å². The number of amides is 2. The standard InChI is InChI=1S/C21H28N4O/c1-16(2)22-21(26)23-18-7-9-19(10-8-18)24-11-13-25(14-12-24)20-6-4-5-17(3)15-20/h4-10,15-16H,11-14H2,1-3H3,(H2,22,23,26). The molecular weight excluding hydrogens is 324 g/mol. The Labute approximate surface area is 156 Å². The zero-order chi connectivity index (χ0) is 18.5. The van der Waals surface area contributed by atoms with Crippen LogP contribution in [0.15, 0.2) is 48.5 Å². The Morgan fingerprint density at radius 1 is 0.923 bits per heavy atom. The minimum atomic E-state index is -0.167. The molecule has 0 aliphatic carbocycles. The second-order valence-corrected chi connectivity index (χ2v) is 7.11. The SMILES string of the molecule is Cc1cccc(N2CCN(c3ccc(NC(=O)NC(C)C)cc3)CC2)c1. The highest BCUT2D eigenvalue weighted by atomic mass is 16.2. The molecule has 2 aromatic carbocycles. The highest BCUT2D eigenvalue weighted by Gasteiger charge is 2.17. The number of nitrogens with zero attached hydrogens (tertiary/aromatic N) is 2. The average molecular weight is 352 g/mol. The van der Waals surface area contributed by atoms with E-state index in [0.717, 1.165) is 31.9 Å². The third-order valence-electron chi connectivity index (χ3n) is 4.56. The summed E-state index contributed by atoms with van der Waals surface area (Å²) in [6.45, 7) is 10.0. The first-order valence-electron chi connectivity index (χ1n) is 9.25. The smallest absolute Gasteiger partial charge is 0.319 e. The number of nitrogens with one attached hydrogen (secondary N) is 2. The van der Waals surface area contributed by atoms with Gasteiger partial charge in [-0.3, -0.25) is 0 Å². The number of urea groups is 1. The van der Waals surface area contributed by atoms with Crippen LogP contribution < -0.4 is 20.4 Å². The fraction of sp³-hybridized carbons (Fsp3) is 0.381. The molecule has 1 saturated heterocycles. The number of benzene rings is 2. The normalized spacial score (nSPS) is 14.5. The second kappa shape index (κ2) is 8.13. The molecule has 138 valence electrons. The van der Waals surface area contributed by atoms with Gasteiger partial charge in [0.05, 0.1) is 0 Å². The van der Waals surface area contributed by atoms with Crippen LogP contribution in [0.4, 0.5) is 21.9 Å². The lowest BCUT2D eigenvalue weighted by molar-refractivity contribution is 0.250. The molecule has 0 aromatic heterocycles. The number of hydrogen-bond acceptors (Lipinski definition) is 3. The number of carbonyl (C=O) groups excluding carboxylic acids is 1. The Morgan fingerprint density at radius 2 is 1.54 bits per heavy atom. The maximum atomic E-state index is 11.8. The van der Waals surface area contributed by atoms with Crippen molar-refractivity contribution >= 4 is 23.1 Å². The van der Waals surface area contributed by atoms with E-state index in [-0.39, 0.29) is 12.1 Å². The van der Waals surface area contributed by atoms with Crippen molar-refractivity contribution in [3.05, 3.63) is 54.1 Å². The van der Waals surface area contributed by atoms with E-state index in [0.29, 0.717) is 0 Å². The molecule has 1 aliphatic heterocycles.